The van der Waals surface area contributed by atoms with Gasteiger partial charge in [-0.05, 0) is 61.7 Å². The van der Waals surface area contributed by atoms with E-state index in [0.29, 0.717) is 5.92 Å². The molecule has 0 saturated carbocycles. The molecule has 140 valence electrons. The highest BCUT2D eigenvalue weighted by atomic mass is 16.2. The molecule has 0 radical (unpaired) electrons. The molecule has 0 bridgehead atoms. The molecule has 1 aliphatic rings. The summed E-state index contributed by atoms with van der Waals surface area (Å²) in [6.07, 6.45) is 1.89. The SMILES string of the molecule is Cc1ccc2nc(C3CCN(C(=O)c4ccc(N(C)C)cc4)CC3)[nH]c2c1. The summed E-state index contributed by atoms with van der Waals surface area (Å²) in [6.45, 7) is 3.64. The zero-order chi connectivity index (χ0) is 19.0. The number of anilines is 1. The maximum Gasteiger partial charge on any atom is 0.253 e. The number of nitrogens with one attached hydrogen (secondary N) is 1. The number of hydrogen-bond donors (Lipinski definition) is 1. The largest absolute Gasteiger partial charge is 0.378 e. The monoisotopic (exact) mass is 362 g/mol. The van der Waals surface area contributed by atoms with Crippen molar-refractivity contribution in [2.75, 3.05) is 32.1 Å². The van der Waals surface area contributed by atoms with Crippen LogP contribution in [0.5, 0.6) is 0 Å². The van der Waals surface area contributed by atoms with E-state index in [1.807, 2.05) is 48.2 Å². The van der Waals surface area contributed by atoms with Gasteiger partial charge in [-0.2, -0.15) is 0 Å². The number of piperidine rings is 1. The van der Waals surface area contributed by atoms with Crippen molar-refractivity contribution in [2.45, 2.75) is 25.7 Å². The molecule has 3 aromatic rings. The van der Waals surface area contributed by atoms with Gasteiger partial charge in [0.1, 0.15) is 5.82 Å². The maximum absolute atomic E-state index is 12.8. The van der Waals surface area contributed by atoms with E-state index in [9.17, 15) is 4.79 Å². The molecule has 2 aromatic carbocycles. The predicted molar refractivity (Wildman–Crippen MR) is 109 cm³/mol. The summed E-state index contributed by atoms with van der Waals surface area (Å²) < 4.78 is 0. The van der Waals surface area contributed by atoms with Crippen molar-refractivity contribution in [1.29, 1.82) is 0 Å². The summed E-state index contributed by atoms with van der Waals surface area (Å²) in [5.74, 6) is 1.56. The van der Waals surface area contributed by atoms with Crippen LogP contribution in [0.1, 0.15) is 40.5 Å². The van der Waals surface area contributed by atoms with Crippen LogP contribution >= 0.6 is 0 Å². The molecule has 5 nitrogen and oxygen atoms in total. The van der Waals surface area contributed by atoms with Gasteiger partial charge in [-0.3, -0.25) is 4.79 Å². The minimum Gasteiger partial charge on any atom is -0.378 e. The van der Waals surface area contributed by atoms with E-state index < -0.39 is 0 Å². The van der Waals surface area contributed by atoms with E-state index in [-0.39, 0.29) is 5.91 Å². The van der Waals surface area contributed by atoms with Gasteiger partial charge in [0.15, 0.2) is 0 Å². The molecular weight excluding hydrogens is 336 g/mol. The van der Waals surface area contributed by atoms with Gasteiger partial charge < -0.3 is 14.8 Å². The molecule has 4 rings (SSSR count). The number of amides is 1. The van der Waals surface area contributed by atoms with Crippen LogP contribution in [0.4, 0.5) is 5.69 Å². The average Bonchev–Trinajstić information content (AvgIpc) is 3.11. The zero-order valence-corrected chi connectivity index (χ0v) is 16.2. The van der Waals surface area contributed by atoms with Gasteiger partial charge in [-0.1, -0.05) is 6.07 Å². The molecule has 0 atom stereocenters. The number of likely N-dealkylation sites (tertiary alicyclic amines) is 1. The molecule has 0 aliphatic carbocycles. The van der Waals surface area contributed by atoms with Crippen LogP contribution in [0, 0.1) is 6.92 Å². The summed E-state index contributed by atoms with van der Waals surface area (Å²) in [6, 6.07) is 14.1. The number of hydrogen-bond acceptors (Lipinski definition) is 3. The van der Waals surface area contributed by atoms with Gasteiger partial charge in [0.2, 0.25) is 0 Å². The van der Waals surface area contributed by atoms with E-state index in [0.717, 1.165) is 54.0 Å². The Morgan fingerprint density at radius 1 is 1.11 bits per heavy atom. The highest BCUT2D eigenvalue weighted by molar-refractivity contribution is 5.94. The van der Waals surface area contributed by atoms with Gasteiger partial charge in [0.25, 0.3) is 5.91 Å². The quantitative estimate of drug-likeness (QED) is 0.767. The van der Waals surface area contributed by atoms with Gasteiger partial charge in [-0.15, -0.1) is 0 Å². The van der Waals surface area contributed by atoms with Crippen molar-refractivity contribution in [3.63, 3.8) is 0 Å². The van der Waals surface area contributed by atoms with Crippen molar-refractivity contribution in [2.24, 2.45) is 0 Å². The number of benzene rings is 2. The third-order valence-corrected chi connectivity index (χ3v) is 5.46. The lowest BCUT2D eigenvalue weighted by Gasteiger charge is -2.31. The van der Waals surface area contributed by atoms with Gasteiger partial charge >= 0.3 is 0 Å². The first-order valence-corrected chi connectivity index (χ1v) is 9.54. The maximum atomic E-state index is 12.8. The van der Waals surface area contributed by atoms with Crippen LogP contribution in [-0.4, -0.2) is 48.0 Å². The van der Waals surface area contributed by atoms with E-state index in [2.05, 4.69) is 30.1 Å². The average molecular weight is 362 g/mol. The second kappa shape index (κ2) is 7.06. The summed E-state index contributed by atoms with van der Waals surface area (Å²) in [5.41, 5.74) is 5.22. The van der Waals surface area contributed by atoms with Crippen molar-refractivity contribution >= 4 is 22.6 Å². The molecule has 1 aromatic heterocycles. The van der Waals surface area contributed by atoms with Crippen molar-refractivity contribution < 1.29 is 4.79 Å². The van der Waals surface area contributed by atoms with Gasteiger partial charge in [-0.25, -0.2) is 4.98 Å². The van der Waals surface area contributed by atoms with E-state index in [4.69, 9.17) is 4.98 Å². The molecule has 5 heteroatoms. The lowest BCUT2D eigenvalue weighted by atomic mass is 9.95. The molecule has 1 N–H and O–H groups in total. The summed E-state index contributed by atoms with van der Waals surface area (Å²) in [7, 11) is 4.00. The summed E-state index contributed by atoms with van der Waals surface area (Å²) in [5, 5.41) is 0. The Morgan fingerprint density at radius 2 is 1.81 bits per heavy atom. The number of aromatic amines is 1. The fourth-order valence-corrected chi connectivity index (χ4v) is 3.78. The number of rotatable bonds is 3. The summed E-state index contributed by atoms with van der Waals surface area (Å²) in [4.78, 5) is 25.0. The number of carbonyl (C=O) groups excluding carboxylic acids is 1. The number of carbonyl (C=O) groups is 1. The number of imidazole rings is 1. The van der Waals surface area contributed by atoms with Crippen LogP contribution in [0.25, 0.3) is 11.0 Å². The first-order chi connectivity index (χ1) is 13.0. The molecule has 1 aliphatic heterocycles. The normalized spacial score (nSPS) is 15.3. The number of aryl methyl sites for hydroxylation is 1. The van der Waals surface area contributed by atoms with Crippen molar-refractivity contribution in [3.8, 4) is 0 Å². The molecule has 2 heterocycles. The summed E-state index contributed by atoms with van der Waals surface area (Å²) >= 11 is 0. The van der Waals surface area contributed by atoms with E-state index in [1.54, 1.807) is 0 Å². The predicted octanol–water partition coefficient (Wildman–Crippen LogP) is 3.96. The molecular formula is C22H26N4O. The third kappa shape index (κ3) is 3.54. The van der Waals surface area contributed by atoms with Crippen LogP contribution in [0.2, 0.25) is 0 Å². The second-order valence-corrected chi connectivity index (χ2v) is 7.65. The minimum atomic E-state index is 0.124. The minimum absolute atomic E-state index is 0.124. The lowest BCUT2D eigenvalue weighted by Crippen LogP contribution is -2.38. The standard InChI is InChI=1S/C22H26N4O/c1-15-4-9-19-20(14-15)24-21(23-19)16-10-12-26(13-11-16)22(27)17-5-7-18(8-6-17)25(2)3/h4-9,14,16H,10-13H2,1-3H3,(H,23,24). The van der Waals surface area contributed by atoms with E-state index in [1.165, 1.54) is 5.56 Å². The van der Waals surface area contributed by atoms with E-state index >= 15 is 0 Å². The number of nitrogens with zero attached hydrogens (tertiary/aromatic N) is 3. The van der Waals surface area contributed by atoms with Crippen LogP contribution in [0.3, 0.4) is 0 Å². The molecule has 0 spiro atoms. The first kappa shape index (κ1) is 17.6. The highest BCUT2D eigenvalue weighted by Crippen LogP contribution is 2.28. The smallest absolute Gasteiger partial charge is 0.253 e. The van der Waals surface area contributed by atoms with Crippen LogP contribution in [0.15, 0.2) is 42.5 Å². The fourth-order valence-electron chi connectivity index (χ4n) is 3.78. The molecule has 1 fully saturated rings. The Kier molecular flexibility index (Phi) is 4.60. The van der Waals surface area contributed by atoms with Crippen LogP contribution in [-0.2, 0) is 0 Å². The Labute approximate surface area is 160 Å². The number of fused-ring (bicyclic) bond motifs is 1. The number of aromatic nitrogens is 2. The Bertz CT molecular complexity index is 950. The molecule has 0 unspecified atom stereocenters. The lowest BCUT2D eigenvalue weighted by molar-refractivity contribution is 0.0711. The molecule has 27 heavy (non-hydrogen) atoms. The fraction of sp³-hybridized carbons (Fsp3) is 0.364. The van der Waals surface area contributed by atoms with Gasteiger partial charge in [0, 0.05) is 44.4 Å². The highest BCUT2D eigenvalue weighted by Gasteiger charge is 2.26. The topological polar surface area (TPSA) is 52.2 Å². The van der Waals surface area contributed by atoms with Crippen molar-refractivity contribution in [3.05, 3.63) is 59.4 Å². The van der Waals surface area contributed by atoms with Gasteiger partial charge in [0.05, 0.1) is 11.0 Å². The third-order valence-electron chi connectivity index (χ3n) is 5.46. The Balaban J connectivity index is 1.42. The van der Waals surface area contributed by atoms with Crippen molar-refractivity contribution in [1.82, 2.24) is 14.9 Å². The van der Waals surface area contributed by atoms with Crippen LogP contribution < -0.4 is 4.90 Å². The first-order valence-electron chi connectivity index (χ1n) is 9.54. The second-order valence-electron chi connectivity index (χ2n) is 7.65. The Morgan fingerprint density at radius 3 is 2.48 bits per heavy atom. The Hall–Kier alpha value is -2.82. The molecule has 1 saturated heterocycles. The molecule has 1 amide bonds. The zero-order valence-electron chi connectivity index (χ0n) is 16.2. The number of H-pyrrole nitrogens is 1.